The minimum atomic E-state index is -3.56. The number of imide groups is 1. The summed E-state index contributed by atoms with van der Waals surface area (Å²) in [6, 6.07) is 12.2. The molecule has 0 unspecified atom stereocenters. The molecule has 1 heterocycles. The van der Waals surface area contributed by atoms with Gasteiger partial charge in [0.05, 0.1) is 28.2 Å². The van der Waals surface area contributed by atoms with Gasteiger partial charge in [-0.05, 0) is 49.2 Å². The van der Waals surface area contributed by atoms with Gasteiger partial charge in [0.15, 0.2) is 0 Å². The van der Waals surface area contributed by atoms with Crippen LogP contribution in [0.3, 0.4) is 0 Å². The number of esters is 1. The van der Waals surface area contributed by atoms with Gasteiger partial charge in [0.1, 0.15) is 0 Å². The second-order valence-electron chi connectivity index (χ2n) is 6.96. The van der Waals surface area contributed by atoms with E-state index < -0.39 is 16.0 Å². The van der Waals surface area contributed by atoms with Gasteiger partial charge in [-0.1, -0.05) is 12.1 Å². The highest BCUT2D eigenvalue weighted by atomic mass is 32.2. The zero-order chi connectivity index (χ0) is 21.9. The Hall–Kier alpha value is -3.04. The first-order chi connectivity index (χ1) is 14.2. The molecule has 0 fully saturated rings. The fraction of sp³-hybridized carbons (Fsp3) is 0.286. The van der Waals surface area contributed by atoms with E-state index >= 15 is 0 Å². The van der Waals surface area contributed by atoms with Crippen molar-refractivity contribution in [1.82, 2.24) is 9.21 Å². The van der Waals surface area contributed by atoms with Crippen LogP contribution in [0.4, 0.5) is 0 Å². The number of fused-ring (bicyclic) bond motifs is 1. The SMILES string of the molecule is CN(C)S(=O)(=O)c1ccc(C(=O)OCCCCN2C(=O)c3ccccc3C2=O)cc1. The number of hydrogen-bond donors (Lipinski definition) is 0. The van der Waals surface area contributed by atoms with Crippen LogP contribution in [-0.4, -0.2) is 62.7 Å². The highest BCUT2D eigenvalue weighted by Crippen LogP contribution is 2.22. The predicted octanol–water partition coefficient (Wildman–Crippen LogP) is 2.17. The summed E-state index contributed by atoms with van der Waals surface area (Å²) in [5.41, 5.74) is 1.07. The lowest BCUT2D eigenvalue weighted by atomic mass is 10.1. The lowest BCUT2D eigenvalue weighted by molar-refractivity contribution is 0.0485. The van der Waals surface area contributed by atoms with Gasteiger partial charge in [-0.3, -0.25) is 14.5 Å². The van der Waals surface area contributed by atoms with Crippen molar-refractivity contribution in [2.75, 3.05) is 27.2 Å². The number of nitrogens with zero attached hydrogens (tertiary/aromatic N) is 2. The molecule has 0 bridgehead atoms. The minimum absolute atomic E-state index is 0.0880. The van der Waals surface area contributed by atoms with Crippen molar-refractivity contribution in [1.29, 1.82) is 0 Å². The van der Waals surface area contributed by atoms with E-state index in [2.05, 4.69) is 0 Å². The Morgan fingerprint density at radius 1 is 0.933 bits per heavy atom. The van der Waals surface area contributed by atoms with Crippen LogP contribution in [0, 0.1) is 0 Å². The summed E-state index contributed by atoms with van der Waals surface area (Å²) in [6.45, 7) is 0.376. The average molecular weight is 430 g/mol. The van der Waals surface area contributed by atoms with Crippen LogP contribution in [0.5, 0.6) is 0 Å². The molecule has 0 aliphatic carbocycles. The Kier molecular flexibility index (Phi) is 6.33. The Morgan fingerprint density at radius 3 is 2.03 bits per heavy atom. The maximum Gasteiger partial charge on any atom is 0.338 e. The number of carbonyl (C=O) groups is 3. The number of carbonyl (C=O) groups excluding carboxylic acids is 3. The van der Waals surface area contributed by atoms with Gasteiger partial charge in [0.25, 0.3) is 11.8 Å². The first kappa shape index (κ1) is 21.7. The van der Waals surface area contributed by atoms with E-state index in [1.807, 2.05) is 0 Å². The standard InChI is InChI=1S/C21H22N2O6S/c1-22(2)30(27,28)16-11-9-15(10-12-16)21(26)29-14-6-5-13-23-19(24)17-7-3-4-8-18(17)20(23)25/h3-4,7-12H,5-6,13-14H2,1-2H3. The monoisotopic (exact) mass is 430 g/mol. The quantitative estimate of drug-likeness (QED) is 0.361. The van der Waals surface area contributed by atoms with E-state index in [-0.39, 0.29) is 35.4 Å². The highest BCUT2D eigenvalue weighted by Gasteiger charge is 2.34. The van der Waals surface area contributed by atoms with E-state index in [0.717, 1.165) is 4.31 Å². The molecular weight excluding hydrogens is 408 g/mol. The minimum Gasteiger partial charge on any atom is -0.462 e. The number of benzene rings is 2. The average Bonchev–Trinajstić information content (AvgIpc) is 2.98. The van der Waals surface area contributed by atoms with Gasteiger partial charge in [-0.2, -0.15) is 0 Å². The topological polar surface area (TPSA) is 101 Å². The smallest absolute Gasteiger partial charge is 0.338 e. The molecule has 0 saturated carbocycles. The molecule has 0 radical (unpaired) electrons. The van der Waals surface area contributed by atoms with E-state index in [1.165, 1.54) is 43.3 Å². The summed E-state index contributed by atoms with van der Waals surface area (Å²) < 4.78 is 30.4. The van der Waals surface area contributed by atoms with Crippen molar-refractivity contribution in [3.63, 3.8) is 0 Å². The number of rotatable bonds is 8. The van der Waals surface area contributed by atoms with Crippen molar-refractivity contribution in [2.45, 2.75) is 17.7 Å². The summed E-state index contributed by atoms with van der Waals surface area (Å²) in [7, 11) is -0.699. The summed E-state index contributed by atoms with van der Waals surface area (Å²) in [6.07, 6.45) is 0.977. The van der Waals surface area contributed by atoms with Crippen molar-refractivity contribution in [2.24, 2.45) is 0 Å². The van der Waals surface area contributed by atoms with Gasteiger partial charge in [-0.25, -0.2) is 17.5 Å². The third kappa shape index (κ3) is 4.27. The van der Waals surface area contributed by atoms with Crippen LogP contribution in [-0.2, 0) is 14.8 Å². The molecule has 2 amide bonds. The van der Waals surface area contributed by atoms with Crippen LogP contribution < -0.4 is 0 Å². The maximum atomic E-state index is 12.3. The predicted molar refractivity (Wildman–Crippen MR) is 109 cm³/mol. The van der Waals surface area contributed by atoms with E-state index in [4.69, 9.17) is 4.74 Å². The zero-order valence-electron chi connectivity index (χ0n) is 16.7. The Balaban J connectivity index is 1.46. The van der Waals surface area contributed by atoms with Crippen LogP contribution in [0.15, 0.2) is 53.4 Å². The third-order valence-electron chi connectivity index (χ3n) is 4.76. The van der Waals surface area contributed by atoms with Crippen LogP contribution in [0.1, 0.15) is 43.9 Å². The molecule has 1 aliphatic heterocycles. The molecule has 8 nitrogen and oxygen atoms in total. The molecule has 2 aromatic rings. The second-order valence-corrected chi connectivity index (χ2v) is 9.11. The van der Waals surface area contributed by atoms with Gasteiger partial charge in [0, 0.05) is 20.6 Å². The summed E-state index contributed by atoms with van der Waals surface area (Å²) in [5, 5.41) is 0. The van der Waals surface area contributed by atoms with E-state index in [0.29, 0.717) is 24.0 Å². The highest BCUT2D eigenvalue weighted by molar-refractivity contribution is 7.89. The van der Waals surface area contributed by atoms with E-state index in [1.54, 1.807) is 24.3 Å². The Morgan fingerprint density at radius 2 is 1.50 bits per heavy atom. The normalized spacial score (nSPS) is 13.6. The molecule has 3 rings (SSSR count). The first-order valence-corrected chi connectivity index (χ1v) is 10.8. The Labute approximate surface area is 175 Å². The summed E-state index contributed by atoms with van der Waals surface area (Å²) in [4.78, 5) is 38.0. The van der Waals surface area contributed by atoms with Crippen molar-refractivity contribution in [3.05, 3.63) is 65.2 Å². The molecule has 0 aromatic heterocycles. The van der Waals surface area contributed by atoms with Crippen LogP contribution in [0.25, 0.3) is 0 Å². The maximum absolute atomic E-state index is 12.3. The molecule has 30 heavy (non-hydrogen) atoms. The molecule has 158 valence electrons. The van der Waals surface area contributed by atoms with Crippen LogP contribution >= 0.6 is 0 Å². The molecule has 9 heteroatoms. The molecule has 0 N–H and O–H groups in total. The summed E-state index contributed by atoms with van der Waals surface area (Å²) in [5.74, 6) is -1.18. The van der Waals surface area contributed by atoms with E-state index in [9.17, 15) is 22.8 Å². The Bertz CT molecular complexity index is 1040. The van der Waals surface area contributed by atoms with Gasteiger partial charge in [0.2, 0.25) is 10.0 Å². The number of ether oxygens (including phenoxy) is 1. The second kappa shape index (κ2) is 8.76. The summed E-state index contributed by atoms with van der Waals surface area (Å²) >= 11 is 0. The van der Waals surface area contributed by atoms with Crippen molar-refractivity contribution < 1.29 is 27.5 Å². The zero-order valence-corrected chi connectivity index (χ0v) is 17.5. The van der Waals surface area contributed by atoms with Crippen LogP contribution in [0.2, 0.25) is 0 Å². The number of sulfonamides is 1. The number of unbranched alkanes of at least 4 members (excludes halogenated alkanes) is 1. The fourth-order valence-electron chi connectivity index (χ4n) is 3.04. The van der Waals surface area contributed by atoms with Gasteiger partial charge >= 0.3 is 5.97 Å². The molecular formula is C21H22N2O6S. The van der Waals surface area contributed by atoms with Gasteiger partial charge in [-0.15, -0.1) is 0 Å². The molecule has 2 aromatic carbocycles. The lowest BCUT2D eigenvalue weighted by Crippen LogP contribution is -2.30. The van der Waals surface area contributed by atoms with Gasteiger partial charge < -0.3 is 4.74 Å². The van der Waals surface area contributed by atoms with Crippen molar-refractivity contribution in [3.8, 4) is 0 Å². The third-order valence-corrected chi connectivity index (χ3v) is 6.59. The fourth-order valence-corrected chi connectivity index (χ4v) is 3.94. The van der Waals surface area contributed by atoms with Crippen molar-refractivity contribution >= 4 is 27.8 Å². The number of hydrogen-bond acceptors (Lipinski definition) is 6. The largest absolute Gasteiger partial charge is 0.462 e. The molecule has 0 atom stereocenters. The molecule has 0 saturated heterocycles. The first-order valence-electron chi connectivity index (χ1n) is 9.38. The number of amides is 2. The lowest BCUT2D eigenvalue weighted by Gasteiger charge is -2.13. The molecule has 1 aliphatic rings. The molecule has 0 spiro atoms.